The molecule has 2 amide bonds. The first-order valence-corrected chi connectivity index (χ1v) is 13.4. The van der Waals surface area contributed by atoms with Gasteiger partial charge >= 0.3 is 5.97 Å². The Labute approximate surface area is 229 Å². The van der Waals surface area contributed by atoms with E-state index in [2.05, 4.69) is 35.6 Å². The van der Waals surface area contributed by atoms with Crippen LogP contribution in [0.4, 0.5) is 5.69 Å². The van der Waals surface area contributed by atoms with Crippen molar-refractivity contribution in [3.63, 3.8) is 0 Å². The summed E-state index contributed by atoms with van der Waals surface area (Å²) in [5.41, 5.74) is 1.94. The van der Waals surface area contributed by atoms with Crippen LogP contribution in [0.2, 0.25) is 0 Å². The average Bonchev–Trinajstić information content (AvgIpc) is 3.19. The second-order valence-corrected chi connectivity index (χ2v) is 10.3. The first kappa shape index (κ1) is 25.6. The van der Waals surface area contributed by atoms with Gasteiger partial charge in [-0.15, -0.1) is 0 Å². The Kier molecular flexibility index (Phi) is 7.53. The summed E-state index contributed by atoms with van der Waals surface area (Å²) in [5, 5.41) is 7.11. The fourth-order valence-electron chi connectivity index (χ4n) is 4.37. The fourth-order valence-corrected chi connectivity index (χ4v) is 5.66. The monoisotopic (exact) mass is 540 g/mol. The number of anilines is 1. The standard InChI is InChI=1S/C30H24N2O4S2/c1-2-36-29(35)19-11-13-22(14-12-19)31-27(33)15-16-32-28(34)26(38-30(32)37)18-25-23-9-5-3-7-20(23)17-21-8-4-6-10-24(21)25/h3-14,17-18H,2,15-16H2,1H3,(H,31,33)/b26-18-. The molecule has 1 aliphatic heterocycles. The number of benzene rings is 4. The third-order valence-electron chi connectivity index (χ3n) is 6.20. The highest BCUT2D eigenvalue weighted by molar-refractivity contribution is 8.26. The number of hydrogen-bond donors (Lipinski definition) is 1. The van der Waals surface area contributed by atoms with Gasteiger partial charge < -0.3 is 10.1 Å². The number of thiocarbonyl (C=S) groups is 1. The summed E-state index contributed by atoms with van der Waals surface area (Å²) in [6.45, 7) is 2.21. The largest absolute Gasteiger partial charge is 0.462 e. The van der Waals surface area contributed by atoms with Crippen molar-refractivity contribution in [1.29, 1.82) is 0 Å². The molecule has 0 aromatic heterocycles. The van der Waals surface area contributed by atoms with Gasteiger partial charge in [0.05, 0.1) is 17.1 Å². The number of esters is 1. The molecule has 0 bridgehead atoms. The van der Waals surface area contributed by atoms with Crippen molar-refractivity contribution in [2.45, 2.75) is 13.3 Å². The van der Waals surface area contributed by atoms with E-state index in [1.54, 1.807) is 31.2 Å². The molecule has 1 heterocycles. The van der Waals surface area contributed by atoms with Gasteiger partial charge in [0, 0.05) is 18.7 Å². The highest BCUT2D eigenvalue weighted by atomic mass is 32.2. The van der Waals surface area contributed by atoms with Crippen LogP contribution in [0.5, 0.6) is 0 Å². The van der Waals surface area contributed by atoms with Crippen LogP contribution in [-0.2, 0) is 14.3 Å². The second-order valence-electron chi connectivity index (χ2n) is 8.66. The predicted molar refractivity (Wildman–Crippen MR) is 157 cm³/mol. The van der Waals surface area contributed by atoms with E-state index < -0.39 is 5.97 Å². The minimum Gasteiger partial charge on any atom is -0.462 e. The summed E-state index contributed by atoms with van der Waals surface area (Å²) in [6.07, 6.45) is 1.99. The van der Waals surface area contributed by atoms with Crippen LogP contribution in [0.1, 0.15) is 29.3 Å². The molecule has 4 aromatic rings. The summed E-state index contributed by atoms with van der Waals surface area (Å²) >= 11 is 6.75. The van der Waals surface area contributed by atoms with E-state index in [9.17, 15) is 14.4 Å². The van der Waals surface area contributed by atoms with Gasteiger partial charge in [-0.1, -0.05) is 72.5 Å². The van der Waals surface area contributed by atoms with E-state index in [4.69, 9.17) is 17.0 Å². The van der Waals surface area contributed by atoms with E-state index in [1.165, 1.54) is 16.7 Å². The number of thioether (sulfide) groups is 1. The maximum Gasteiger partial charge on any atom is 0.338 e. The molecule has 0 aliphatic carbocycles. The Morgan fingerprint density at radius 2 is 1.61 bits per heavy atom. The Morgan fingerprint density at radius 3 is 2.24 bits per heavy atom. The lowest BCUT2D eigenvalue weighted by molar-refractivity contribution is -0.122. The SMILES string of the molecule is CCOC(=O)c1ccc(NC(=O)CCN2C(=O)/C(=C/c3c4ccccc4cc4ccccc34)SC2=S)cc1. The lowest BCUT2D eigenvalue weighted by atomic mass is 9.96. The number of nitrogens with one attached hydrogen (secondary N) is 1. The van der Waals surface area contributed by atoms with Crippen molar-refractivity contribution in [2.24, 2.45) is 0 Å². The highest BCUT2D eigenvalue weighted by Crippen LogP contribution is 2.36. The molecule has 38 heavy (non-hydrogen) atoms. The van der Waals surface area contributed by atoms with Crippen LogP contribution in [0, 0.1) is 0 Å². The van der Waals surface area contributed by atoms with Crippen LogP contribution < -0.4 is 5.32 Å². The van der Waals surface area contributed by atoms with E-state index in [0.29, 0.717) is 27.1 Å². The number of ether oxygens (including phenoxy) is 1. The summed E-state index contributed by atoms with van der Waals surface area (Å²) < 4.78 is 5.40. The van der Waals surface area contributed by atoms with Crippen molar-refractivity contribution in [1.82, 2.24) is 4.90 Å². The van der Waals surface area contributed by atoms with Gasteiger partial charge in [-0.25, -0.2) is 4.79 Å². The zero-order valence-corrected chi connectivity index (χ0v) is 22.2. The minimum atomic E-state index is -0.413. The molecular formula is C30H24N2O4S2. The molecule has 1 fully saturated rings. The molecule has 0 saturated carbocycles. The van der Waals surface area contributed by atoms with Crippen molar-refractivity contribution in [3.05, 3.63) is 94.9 Å². The van der Waals surface area contributed by atoms with E-state index in [1.807, 2.05) is 30.3 Å². The van der Waals surface area contributed by atoms with Crippen LogP contribution in [0.3, 0.4) is 0 Å². The number of carbonyl (C=O) groups excluding carboxylic acids is 3. The number of nitrogens with zero attached hydrogens (tertiary/aromatic N) is 1. The summed E-state index contributed by atoms with van der Waals surface area (Å²) in [6, 6.07) is 24.8. The number of fused-ring (bicyclic) bond motifs is 2. The number of rotatable bonds is 7. The molecule has 0 radical (unpaired) electrons. The average molecular weight is 541 g/mol. The quantitative estimate of drug-likeness (QED) is 0.127. The van der Waals surface area contributed by atoms with E-state index in [-0.39, 0.29) is 24.8 Å². The van der Waals surface area contributed by atoms with Gasteiger partial charge in [-0.3, -0.25) is 14.5 Å². The first-order chi connectivity index (χ1) is 18.4. The van der Waals surface area contributed by atoms with Crippen LogP contribution in [-0.4, -0.2) is 40.2 Å². The smallest absolute Gasteiger partial charge is 0.338 e. The van der Waals surface area contributed by atoms with Crippen LogP contribution in [0.25, 0.3) is 27.6 Å². The fraction of sp³-hybridized carbons (Fsp3) is 0.133. The van der Waals surface area contributed by atoms with Gasteiger partial charge in [0.1, 0.15) is 4.32 Å². The molecular weight excluding hydrogens is 516 g/mol. The molecule has 5 rings (SSSR count). The second kappa shape index (κ2) is 11.2. The van der Waals surface area contributed by atoms with Crippen molar-refractivity contribution in [3.8, 4) is 0 Å². The van der Waals surface area contributed by atoms with Gasteiger partial charge in [0.15, 0.2) is 0 Å². The Morgan fingerprint density at radius 1 is 0.974 bits per heavy atom. The van der Waals surface area contributed by atoms with Crippen LogP contribution in [0.15, 0.2) is 83.8 Å². The van der Waals surface area contributed by atoms with Gasteiger partial charge in [-0.05, 0) is 70.4 Å². The third-order valence-corrected chi connectivity index (χ3v) is 7.58. The lowest BCUT2D eigenvalue weighted by Crippen LogP contribution is -2.31. The Bertz CT molecular complexity index is 1560. The number of carbonyl (C=O) groups is 3. The maximum atomic E-state index is 13.3. The molecule has 1 N–H and O–H groups in total. The lowest BCUT2D eigenvalue weighted by Gasteiger charge is -2.14. The molecule has 0 spiro atoms. The Balaban J connectivity index is 1.29. The predicted octanol–water partition coefficient (Wildman–Crippen LogP) is 6.40. The normalized spacial score (nSPS) is 14.4. The number of hydrogen-bond acceptors (Lipinski definition) is 6. The third kappa shape index (κ3) is 5.32. The minimum absolute atomic E-state index is 0.0799. The van der Waals surface area contributed by atoms with Crippen molar-refractivity contribution < 1.29 is 19.1 Å². The van der Waals surface area contributed by atoms with E-state index >= 15 is 0 Å². The molecule has 1 saturated heterocycles. The molecule has 6 nitrogen and oxygen atoms in total. The molecule has 0 unspecified atom stereocenters. The summed E-state index contributed by atoms with van der Waals surface area (Å²) in [4.78, 5) is 39.7. The topological polar surface area (TPSA) is 75.7 Å². The van der Waals surface area contributed by atoms with Gasteiger partial charge in [0.25, 0.3) is 5.91 Å². The Hall–Kier alpha value is -4.01. The summed E-state index contributed by atoms with van der Waals surface area (Å²) in [7, 11) is 0. The molecule has 4 aromatic carbocycles. The zero-order chi connectivity index (χ0) is 26.6. The number of amides is 2. The summed E-state index contributed by atoms with van der Waals surface area (Å²) in [5.74, 6) is -0.875. The molecule has 190 valence electrons. The first-order valence-electron chi connectivity index (χ1n) is 12.2. The maximum absolute atomic E-state index is 13.3. The van der Waals surface area contributed by atoms with E-state index in [0.717, 1.165) is 27.1 Å². The van der Waals surface area contributed by atoms with Crippen molar-refractivity contribution >= 4 is 79.4 Å². The zero-order valence-electron chi connectivity index (χ0n) is 20.6. The highest BCUT2D eigenvalue weighted by Gasteiger charge is 2.32. The van der Waals surface area contributed by atoms with Crippen LogP contribution >= 0.6 is 24.0 Å². The molecule has 0 atom stereocenters. The molecule has 8 heteroatoms. The van der Waals surface area contributed by atoms with Crippen molar-refractivity contribution in [2.75, 3.05) is 18.5 Å². The molecule has 1 aliphatic rings. The van der Waals surface area contributed by atoms with Gasteiger partial charge in [-0.2, -0.15) is 0 Å². The van der Waals surface area contributed by atoms with Gasteiger partial charge in [0.2, 0.25) is 5.91 Å².